The molecule has 0 aliphatic carbocycles. The molecule has 0 bridgehead atoms. The number of thioether (sulfide) groups is 1. The Morgan fingerprint density at radius 2 is 2.00 bits per heavy atom. The summed E-state index contributed by atoms with van der Waals surface area (Å²) in [4.78, 5) is 27.4. The van der Waals surface area contributed by atoms with Gasteiger partial charge in [-0.25, -0.2) is 4.98 Å². The number of anilines is 1. The lowest BCUT2D eigenvalue weighted by Gasteiger charge is -2.09. The van der Waals surface area contributed by atoms with Crippen LogP contribution in [0.4, 0.5) is 5.13 Å². The maximum atomic E-state index is 12.2. The average Bonchev–Trinajstić information content (AvgIpc) is 2.91. The zero-order valence-electron chi connectivity index (χ0n) is 14.1. The Kier molecular flexibility index (Phi) is 6.65. The van der Waals surface area contributed by atoms with Crippen LogP contribution in [0, 0.1) is 6.92 Å². The fourth-order valence-corrected chi connectivity index (χ4v) is 3.94. The van der Waals surface area contributed by atoms with E-state index in [4.69, 9.17) is 15.2 Å². The second kappa shape index (κ2) is 8.72. The number of nitrogens with one attached hydrogen (secondary N) is 1. The van der Waals surface area contributed by atoms with E-state index in [9.17, 15) is 9.59 Å². The largest absolute Gasteiger partial charge is 0.493 e. The molecule has 0 saturated carbocycles. The quantitative estimate of drug-likeness (QED) is 0.680. The third kappa shape index (κ3) is 5.36. The summed E-state index contributed by atoms with van der Waals surface area (Å²) in [6.07, 6.45) is 0.183. The fraction of sp³-hybridized carbons (Fsp3) is 0.312. The van der Waals surface area contributed by atoms with Crippen molar-refractivity contribution in [2.45, 2.75) is 17.6 Å². The number of ether oxygens (including phenoxy) is 2. The first kappa shape index (κ1) is 19.1. The van der Waals surface area contributed by atoms with Gasteiger partial charge in [-0.05, 0) is 24.6 Å². The number of thiazole rings is 1. The Balaban J connectivity index is 2.00. The van der Waals surface area contributed by atoms with Crippen molar-refractivity contribution < 1.29 is 19.1 Å². The number of aromatic nitrogens is 1. The van der Waals surface area contributed by atoms with Crippen LogP contribution >= 0.6 is 23.1 Å². The number of hydrogen-bond donors (Lipinski definition) is 2. The number of amides is 2. The minimum absolute atomic E-state index is 0.183. The van der Waals surface area contributed by atoms with Gasteiger partial charge in [0.05, 0.1) is 36.3 Å². The van der Waals surface area contributed by atoms with Gasteiger partial charge in [0.25, 0.3) is 0 Å². The Morgan fingerprint density at radius 1 is 1.28 bits per heavy atom. The molecule has 7 nitrogen and oxygen atoms in total. The van der Waals surface area contributed by atoms with Gasteiger partial charge in [-0.3, -0.25) is 9.59 Å². The first-order valence-corrected chi connectivity index (χ1v) is 9.12. The molecule has 1 aromatic heterocycles. The van der Waals surface area contributed by atoms with Gasteiger partial charge in [0.1, 0.15) is 0 Å². The topological polar surface area (TPSA) is 104 Å². The summed E-state index contributed by atoms with van der Waals surface area (Å²) in [6, 6.07) is 5.33. The van der Waals surface area contributed by atoms with Crippen molar-refractivity contribution in [3.8, 4) is 11.5 Å². The molecule has 0 atom stereocenters. The first-order valence-electron chi connectivity index (χ1n) is 7.32. The molecular formula is C16H19N3O4S2. The Bertz CT molecular complexity index is 777. The van der Waals surface area contributed by atoms with Crippen LogP contribution in [0.2, 0.25) is 0 Å². The van der Waals surface area contributed by atoms with Crippen LogP contribution in [-0.2, 0) is 16.0 Å². The van der Waals surface area contributed by atoms with Crippen LogP contribution in [0.1, 0.15) is 11.3 Å². The average molecular weight is 381 g/mol. The van der Waals surface area contributed by atoms with E-state index in [-0.39, 0.29) is 18.1 Å². The van der Waals surface area contributed by atoms with E-state index in [1.165, 1.54) is 23.1 Å². The minimum Gasteiger partial charge on any atom is -0.493 e. The summed E-state index contributed by atoms with van der Waals surface area (Å²) < 4.78 is 11.3. The third-order valence-electron chi connectivity index (χ3n) is 3.16. The Labute approximate surface area is 153 Å². The van der Waals surface area contributed by atoms with Crippen LogP contribution in [0.5, 0.6) is 11.5 Å². The van der Waals surface area contributed by atoms with Crippen LogP contribution in [0.3, 0.4) is 0 Å². The molecule has 25 heavy (non-hydrogen) atoms. The van der Waals surface area contributed by atoms with Gasteiger partial charge in [0.2, 0.25) is 11.8 Å². The molecule has 2 amide bonds. The molecule has 134 valence electrons. The van der Waals surface area contributed by atoms with Gasteiger partial charge < -0.3 is 20.5 Å². The number of carbonyl (C=O) groups excluding carboxylic acids is 2. The highest BCUT2D eigenvalue weighted by atomic mass is 32.2. The number of primary amides is 1. The van der Waals surface area contributed by atoms with E-state index in [0.717, 1.165) is 15.5 Å². The molecule has 0 aliphatic rings. The van der Waals surface area contributed by atoms with E-state index in [1.54, 1.807) is 26.4 Å². The van der Waals surface area contributed by atoms with Gasteiger partial charge in [-0.2, -0.15) is 0 Å². The van der Waals surface area contributed by atoms with Gasteiger partial charge in [-0.1, -0.05) is 17.4 Å². The fourth-order valence-electron chi connectivity index (χ4n) is 2.05. The SMILES string of the molecule is COc1ccc(CC(=O)Nc2nc(C)c(SCC(N)=O)s2)cc1OC. The van der Waals surface area contributed by atoms with Crippen molar-refractivity contribution in [1.82, 2.24) is 4.98 Å². The first-order chi connectivity index (χ1) is 11.9. The lowest BCUT2D eigenvalue weighted by Crippen LogP contribution is -2.14. The van der Waals surface area contributed by atoms with Crippen molar-refractivity contribution >= 4 is 40.0 Å². The molecule has 0 fully saturated rings. The highest BCUT2D eigenvalue weighted by molar-refractivity contribution is 8.01. The molecule has 2 aromatic rings. The highest BCUT2D eigenvalue weighted by Gasteiger charge is 2.13. The van der Waals surface area contributed by atoms with E-state index in [2.05, 4.69) is 10.3 Å². The molecule has 0 radical (unpaired) electrons. The van der Waals surface area contributed by atoms with Crippen molar-refractivity contribution in [3.63, 3.8) is 0 Å². The molecule has 3 N–H and O–H groups in total. The summed E-state index contributed by atoms with van der Waals surface area (Å²) in [7, 11) is 3.11. The molecule has 1 aromatic carbocycles. The zero-order valence-corrected chi connectivity index (χ0v) is 15.8. The molecule has 2 rings (SSSR count). The second-order valence-electron chi connectivity index (χ2n) is 5.06. The summed E-state index contributed by atoms with van der Waals surface area (Å²) in [6.45, 7) is 1.82. The van der Waals surface area contributed by atoms with Crippen molar-refractivity contribution in [2.24, 2.45) is 5.73 Å². The van der Waals surface area contributed by atoms with E-state index >= 15 is 0 Å². The van der Waals surface area contributed by atoms with Crippen LogP contribution in [0.15, 0.2) is 22.4 Å². The standard InChI is InChI=1S/C16H19N3O4S2/c1-9-15(24-8-13(17)20)25-16(18-9)19-14(21)7-10-4-5-11(22-2)12(6-10)23-3/h4-6H,7-8H2,1-3H3,(H2,17,20)(H,18,19,21). The van der Waals surface area contributed by atoms with Gasteiger partial charge in [-0.15, -0.1) is 11.8 Å². The number of methoxy groups -OCH3 is 2. The van der Waals surface area contributed by atoms with Crippen molar-refractivity contribution in [3.05, 3.63) is 29.5 Å². The Hall–Kier alpha value is -2.26. The number of carbonyl (C=O) groups is 2. The van der Waals surface area contributed by atoms with E-state index in [0.29, 0.717) is 16.6 Å². The number of rotatable bonds is 8. The van der Waals surface area contributed by atoms with Gasteiger partial charge >= 0.3 is 0 Å². The molecule has 0 saturated heterocycles. The molecule has 1 heterocycles. The summed E-state index contributed by atoms with van der Waals surface area (Å²) >= 11 is 2.64. The second-order valence-corrected chi connectivity index (χ2v) is 7.30. The smallest absolute Gasteiger partial charge is 0.230 e. The maximum absolute atomic E-state index is 12.2. The molecular weight excluding hydrogens is 362 g/mol. The predicted octanol–water partition coefficient (Wildman–Crippen LogP) is 2.23. The summed E-state index contributed by atoms with van der Waals surface area (Å²) in [5.74, 6) is 0.785. The maximum Gasteiger partial charge on any atom is 0.230 e. The minimum atomic E-state index is -0.392. The normalized spacial score (nSPS) is 10.4. The number of nitrogens with zero attached hydrogens (tertiary/aromatic N) is 1. The highest BCUT2D eigenvalue weighted by Crippen LogP contribution is 2.32. The summed E-state index contributed by atoms with van der Waals surface area (Å²) in [5, 5.41) is 3.27. The van der Waals surface area contributed by atoms with Crippen molar-refractivity contribution in [2.75, 3.05) is 25.3 Å². The van der Waals surface area contributed by atoms with Crippen LogP contribution in [0.25, 0.3) is 0 Å². The predicted molar refractivity (Wildman–Crippen MR) is 98.6 cm³/mol. The lowest BCUT2D eigenvalue weighted by atomic mass is 10.1. The van der Waals surface area contributed by atoms with Gasteiger partial charge in [0.15, 0.2) is 16.6 Å². The van der Waals surface area contributed by atoms with E-state index < -0.39 is 5.91 Å². The number of aryl methyl sites for hydroxylation is 1. The van der Waals surface area contributed by atoms with Crippen LogP contribution in [-0.4, -0.2) is 36.8 Å². The van der Waals surface area contributed by atoms with Crippen LogP contribution < -0.4 is 20.5 Å². The monoisotopic (exact) mass is 381 g/mol. The summed E-state index contributed by atoms with van der Waals surface area (Å²) in [5.41, 5.74) is 6.70. The number of nitrogens with two attached hydrogens (primary N) is 1. The van der Waals surface area contributed by atoms with Crippen molar-refractivity contribution in [1.29, 1.82) is 0 Å². The molecule has 0 aliphatic heterocycles. The third-order valence-corrected chi connectivity index (χ3v) is 5.62. The zero-order chi connectivity index (χ0) is 18.4. The van der Waals surface area contributed by atoms with E-state index in [1.807, 2.05) is 13.0 Å². The number of hydrogen-bond acceptors (Lipinski definition) is 7. The Morgan fingerprint density at radius 3 is 2.64 bits per heavy atom. The molecule has 0 spiro atoms. The van der Waals surface area contributed by atoms with Gasteiger partial charge in [0, 0.05) is 0 Å². The molecule has 0 unspecified atom stereocenters. The number of benzene rings is 1. The molecule has 9 heteroatoms. The lowest BCUT2D eigenvalue weighted by molar-refractivity contribution is -0.116.